The Balaban J connectivity index is 1.55. The lowest BCUT2D eigenvalue weighted by molar-refractivity contribution is -0.137. The molecule has 1 aliphatic rings. The Kier molecular flexibility index (Phi) is 5.54. The van der Waals surface area contributed by atoms with Crippen molar-refractivity contribution in [3.8, 4) is 11.3 Å². The summed E-state index contributed by atoms with van der Waals surface area (Å²) in [5.41, 5.74) is 5.90. The molecule has 2 aromatic rings. The number of hydrogen-bond acceptors (Lipinski definition) is 5. The first-order valence-electron chi connectivity index (χ1n) is 8.54. The fourth-order valence-corrected chi connectivity index (χ4v) is 2.94. The van der Waals surface area contributed by atoms with Gasteiger partial charge in [0.25, 0.3) is 5.91 Å². The molecule has 8 heteroatoms. The quantitative estimate of drug-likeness (QED) is 0.806. The minimum Gasteiger partial charge on any atom is -0.450 e. The third-order valence-electron chi connectivity index (χ3n) is 4.44. The van der Waals surface area contributed by atoms with E-state index in [-0.39, 0.29) is 29.9 Å². The number of furan rings is 1. The summed E-state index contributed by atoms with van der Waals surface area (Å²) in [5, 5.41) is 0. The third-order valence-corrected chi connectivity index (χ3v) is 4.44. The highest BCUT2D eigenvalue weighted by atomic mass is 19.1. The van der Waals surface area contributed by atoms with Crippen LogP contribution in [0.3, 0.4) is 0 Å². The summed E-state index contributed by atoms with van der Waals surface area (Å²) >= 11 is 0. The number of nitrogens with zero attached hydrogens (tertiary/aromatic N) is 1. The predicted octanol–water partition coefficient (Wildman–Crippen LogP) is 1.97. The lowest BCUT2D eigenvalue weighted by atomic mass is 9.97. The standard InChI is InChI=1S/C19H19FN2O5/c20-14-5-3-12(4-6-14)15-7-8-16(27-15)19(25)26-11-17(23)22-9-1-2-13(10-22)18(21)24/h3-8,13H,1-2,9-11H2,(H2,21,24)/t13-/m0/s1. The first-order chi connectivity index (χ1) is 12.9. The van der Waals surface area contributed by atoms with Crippen LogP contribution in [0.25, 0.3) is 11.3 Å². The van der Waals surface area contributed by atoms with Gasteiger partial charge >= 0.3 is 5.97 Å². The maximum Gasteiger partial charge on any atom is 0.374 e. The zero-order valence-corrected chi connectivity index (χ0v) is 14.5. The largest absolute Gasteiger partial charge is 0.450 e. The van der Waals surface area contributed by atoms with Crippen molar-refractivity contribution in [2.24, 2.45) is 11.7 Å². The van der Waals surface area contributed by atoms with Crippen LogP contribution in [0.15, 0.2) is 40.8 Å². The lowest BCUT2D eigenvalue weighted by Crippen LogP contribution is -2.45. The van der Waals surface area contributed by atoms with Crippen molar-refractivity contribution in [1.29, 1.82) is 0 Å². The van der Waals surface area contributed by atoms with Gasteiger partial charge in [0.1, 0.15) is 11.6 Å². The molecule has 2 heterocycles. The van der Waals surface area contributed by atoms with E-state index in [0.717, 1.165) is 0 Å². The molecule has 7 nitrogen and oxygen atoms in total. The number of carbonyl (C=O) groups is 3. The summed E-state index contributed by atoms with van der Waals surface area (Å²) in [4.78, 5) is 37.0. The van der Waals surface area contributed by atoms with Gasteiger partial charge in [-0.2, -0.15) is 0 Å². The van der Waals surface area contributed by atoms with E-state index in [1.54, 1.807) is 6.07 Å². The van der Waals surface area contributed by atoms with E-state index < -0.39 is 18.5 Å². The topological polar surface area (TPSA) is 103 Å². The second-order valence-corrected chi connectivity index (χ2v) is 6.33. The van der Waals surface area contributed by atoms with E-state index >= 15 is 0 Å². The van der Waals surface area contributed by atoms with Crippen molar-refractivity contribution in [1.82, 2.24) is 4.90 Å². The molecule has 0 saturated carbocycles. The molecule has 2 amide bonds. The molecule has 1 aromatic heterocycles. The number of esters is 1. The van der Waals surface area contributed by atoms with Gasteiger partial charge in [0, 0.05) is 18.7 Å². The average molecular weight is 374 g/mol. The van der Waals surface area contributed by atoms with E-state index in [1.807, 2.05) is 0 Å². The third kappa shape index (κ3) is 4.52. The number of ether oxygens (including phenoxy) is 1. The molecule has 3 rings (SSSR count). The smallest absolute Gasteiger partial charge is 0.374 e. The molecule has 0 aliphatic carbocycles. The van der Waals surface area contributed by atoms with Gasteiger partial charge in [-0.25, -0.2) is 9.18 Å². The SMILES string of the molecule is NC(=O)[C@H]1CCCN(C(=O)COC(=O)c2ccc(-c3ccc(F)cc3)o2)C1. The average Bonchev–Trinajstić information content (AvgIpc) is 3.16. The summed E-state index contributed by atoms with van der Waals surface area (Å²) in [6.07, 6.45) is 1.32. The first kappa shape index (κ1) is 18.6. The molecule has 27 heavy (non-hydrogen) atoms. The number of hydrogen-bond donors (Lipinski definition) is 1. The Morgan fingerprint density at radius 2 is 1.93 bits per heavy atom. The number of amides is 2. The van der Waals surface area contributed by atoms with Crippen molar-refractivity contribution in [3.63, 3.8) is 0 Å². The van der Waals surface area contributed by atoms with Gasteiger partial charge < -0.3 is 19.8 Å². The van der Waals surface area contributed by atoms with Crippen LogP contribution in [0.1, 0.15) is 23.4 Å². The van der Waals surface area contributed by atoms with Gasteiger partial charge in [-0.1, -0.05) is 0 Å². The molecule has 2 N–H and O–H groups in total. The van der Waals surface area contributed by atoms with Crippen LogP contribution in [0.5, 0.6) is 0 Å². The van der Waals surface area contributed by atoms with E-state index in [0.29, 0.717) is 30.7 Å². The van der Waals surface area contributed by atoms with Gasteiger partial charge in [-0.3, -0.25) is 9.59 Å². The molecular weight excluding hydrogens is 355 g/mol. The summed E-state index contributed by atoms with van der Waals surface area (Å²) in [6.45, 7) is 0.285. The van der Waals surface area contributed by atoms with Crippen LogP contribution >= 0.6 is 0 Å². The highest BCUT2D eigenvalue weighted by Gasteiger charge is 2.27. The van der Waals surface area contributed by atoms with Crippen LogP contribution < -0.4 is 5.73 Å². The lowest BCUT2D eigenvalue weighted by Gasteiger charge is -2.30. The molecule has 1 saturated heterocycles. The molecule has 0 spiro atoms. The number of rotatable bonds is 5. The van der Waals surface area contributed by atoms with E-state index in [9.17, 15) is 18.8 Å². The Hall–Kier alpha value is -3.16. The summed E-state index contributed by atoms with van der Waals surface area (Å²) in [6, 6.07) is 8.61. The molecule has 1 atom stereocenters. The van der Waals surface area contributed by atoms with Gasteiger partial charge in [0.2, 0.25) is 11.7 Å². The van der Waals surface area contributed by atoms with Crippen molar-refractivity contribution in [3.05, 3.63) is 48.0 Å². The summed E-state index contributed by atoms with van der Waals surface area (Å²) in [5.74, 6) is -2.03. The Bertz CT molecular complexity index is 846. The molecule has 1 aliphatic heterocycles. The normalized spacial score (nSPS) is 16.8. The highest BCUT2D eigenvalue weighted by Crippen LogP contribution is 2.23. The van der Waals surface area contributed by atoms with Crippen LogP contribution in [-0.4, -0.2) is 42.4 Å². The van der Waals surface area contributed by atoms with Crippen LogP contribution in [0, 0.1) is 11.7 Å². The molecule has 0 bridgehead atoms. The fourth-order valence-electron chi connectivity index (χ4n) is 2.94. The minimum atomic E-state index is -0.778. The van der Waals surface area contributed by atoms with Crippen molar-refractivity contribution >= 4 is 17.8 Å². The van der Waals surface area contributed by atoms with Gasteiger partial charge in [0.15, 0.2) is 6.61 Å². The Morgan fingerprint density at radius 1 is 1.19 bits per heavy atom. The highest BCUT2D eigenvalue weighted by molar-refractivity contribution is 5.89. The second kappa shape index (κ2) is 8.03. The zero-order chi connectivity index (χ0) is 19.4. The molecule has 0 radical (unpaired) electrons. The first-order valence-corrected chi connectivity index (χ1v) is 8.54. The number of likely N-dealkylation sites (tertiary alicyclic amines) is 1. The molecule has 1 aromatic carbocycles. The van der Waals surface area contributed by atoms with Crippen LogP contribution in [-0.2, 0) is 14.3 Å². The van der Waals surface area contributed by atoms with E-state index in [4.69, 9.17) is 14.9 Å². The monoisotopic (exact) mass is 374 g/mol. The van der Waals surface area contributed by atoms with E-state index in [2.05, 4.69) is 0 Å². The molecule has 142 valence electrons. The predicted molar refractivity (Wildman–Crippen MR) is 92.9 cm³/mol. The van der Waals surface area contributed by atoms with Gasteiger partial charge in [0.05, 0.1) is 5.92 Å². The maximum atomic E-state index is 13.0. The number of piperidine rings is 1. The maximum absolute atomic E-state index is 13.0. The molecule has 0 unspecified atom stereocenters. The molecular formula is C19H19FN2O5. The van der Waals surface area contributed by atoms with E-state index in [1.165, 1.54) is 35.2 Å². The Labute approximate surface area is 154 Å². The number of carbonyl (C=O) groups excluding carboxylic acids is 3. The number of nitrogens with two attached hydrogens (primary N) is 1. The van der Waals surface area contributed by atoms with Crippen LogP contribution in [0.4, 0.5) is 4.39 Å². The summed E-state index contributed by atoms with van der Waals surface area (Å²) < 4.78 is 23.4. The molecule has 1 fully saturated rings. The number of primary amides is 1. The second-order valence-electron chi connectivity index (χ2n) is 6.33. The van der Waals surface area contributed by atoms with Crippen molar-refractivity contribution in [2.75, 3.05) is 19.7 Å². The number of benzene rings is 1. The van der Waals surface area contributed by atoms with Gasteiger partial charge in [-0.15, -0.1) is 0 Å². The fraction of sp³-hybridized carbons (Fsp3) is 0.316. The van der Waals surface area contributed by atoms with Crippen molar-refractivity contribution < 1.29 is 27.9 Å². The minimum absolute atomic E-state index is 0.0595. The van der Waals surface area contributed by atoms with Crippen molar-refractivity contribution in [2.45, 2.75) is 12.8 Å². The van der Waals surface area contributed by atoms with Crippen LogP contribution in [0.2, 0.25) is 0 Å². The number of halogens is 1. The Morgan fingerprint density at radius 3 is 2.63 bits per heavy atom. The zero-order valence-electron chi connectivity index (χ0n) is 14.5. The summed E-state index contributed by atoms with van der Waals surface area (Å²) in [7, 11) is 0. The van der Waals surface area contributed by atoms with Gasteiger partial charge in [-0.05, 0) is 49.2 Å².